The van der Waals surface area contributed by atoms with Crippen molar-refractivity contribution >= 4 is 0 Å². The summed E-state index contributed by atoms with van der Waals surface area (Å²) in [5.74, 6) is 0.892. The molecule has 1 aliphatic heterocycles. The first-order chi connectivity index (χ1) is 11.5. The number of hydrogen-bond donors (Lipinski definition) is 1. The van der Waals surface area contributed by atoms with Crippen LogP contribution in [0.3, 0.4) is 0 Å². The molecule has 1 saturated carbocycles. The zero-order valence-corrected chi connectivity index (χ0v) is 16.3. The van der Waals surface area contributed by atoms with E-state index in [4.69, 9.17) is 9.47 Å². The maximum Gasteiger partial charge on any atom is 0.171 e. The molecule has 0 bridgehead atoms. The van der Waals surface area contributed by atoms with Gasteiger partial charge >= 0.3 is 0 Å². The molecular weight excluding hydrogens is 300 g/mol. The van der Waals surface area contributed by atoms with Crippen molar-refractivity contribution in [3.8, 4) is 0 Å². The zero-order valence-electron chi connectivity index (χ0n) is 16.3. The average Bonchev–Trinajstić information content (AvgIpc) is 3.14. The van der Waals surface area contributed by atoms with Crippen molar-refractivity contribution in [1.29, 1.82) is 0 Å². The van der Waals surface area contributed by atoms with E-state index in [9.17, 15) is 5.11 Å². The molecule has 1 heterocycles. The Kier molecular flexibility index (Phi) is 8.03. The molecule has 0 radical (unpaired) electrons. The maximum absolute atomic E-state index is 10.5. The van der Waals surface area contributed by atoms with Crippen molar-refractivity contribution in [2.75, 3.05) is 13.2 Å². The van der Waals surface area contributed by atoms with E-state index in [1.165, 1.54) is 44.9 Å². The Hall–Kier alpha value is -0.120. The molecule has 3 heteroatoms. The normalized spacial score (nSPS) is 28.5. The first-order valence-electron chi connectivity index (χ1n) is 10.5. The van der Waals surface area contributed by atoms with E-state index in [-0.39, 0.29) is 5.79 Å². The fraction of sp³-hybridized carbons (Fsp3) is 1.00. The fourth-order valence-electron chi connectivity index (χ4n) is 4.89. The minimum absolute atomic E-state index is 0.286. The van der Waals surface area contributed by atoms with Crippen molar-refractivity contribution in [2.45, 2.75) is 109 Å². The zero-order chi connectivity index (χ0) is 17.5. The summed E-state index contributed by atoms with van der Waals surface area (Å²) in [4.78, 5) is 0. The molecule has 2 aliphatic rings. The van der Waals surface area contributed by atoms with E-state index in [0.29, 0.717) is 11.8 Å². The van der Waals surface area contributed by atoms with Gasteiger partial charge in [0.05, 0.1) is 18.8 Å². The summed E-state index contributed by atoms with van der Waals surface area (Å²) in [7, 11) is 0. The van der Waals surface area contributed by atoms with Crippen molar-refractivity contribution < 1.29 is 14.6 Å². The Balaban J connectivity index is 1.88. The van der Waals surface area contributed by atoms with Crippen molar-refractivity contribution in [3.05, 3.63) is 0 Å². The Morgan fingerprint density at radius 2 is 1.67 bits per heavy atom. The highest BCUT2D eigenvalue weighted by Gasteiger charge is 2.52. The molecule has 142 valence electrons. The summed E-state index contributed by atoms with van der Waals surface area (Å²) in [5, 5.41) is 10.5. The smallest absolute Gasteiger partial charge is 0.171 e. The monoisotopic (exact) mass is 340 g/mol. The lowest BCUT2D eigenvalue weighted by atomic mass is 9.82. The van der Waals surface area contributed by atoms with Crippen LogP contribution in [-0.4, -0.2) is 29.7 Å². The summed E-state index contributed by atoms with van der Waals surface area (Å²) >= 11 is 0. The number of rotatable bonds is 11. The molecule has 1 aliphatic carbocycles. The predicted octanol–water partition coefficient (Wildman–Crippen LogP) is 5.45. The lowest BCUT2D eigenvalue weighted by Crippen LogP contribution is -2.37. The van der Waals surface area contributed by atoms with E-state index in [1.54, 1.807) is 0 Å². The van der Waals surface area contributed by atoms with E-state index in [1.807, 2.05) is 6.92 Å². The number of ether oxygens (including phenoxy) is 2. The standard InChI is InChI=1S/C21H40O3/c1-4-6-7-8-9-10-19-18(11-14-20(3,22)13-5-2)12-15-21(19)23-16-17-24-21/h18-19,22H,4-17H2,1-3H3/t18-,19+,20?/m0/s1. The summed E-state index contributed by atoms with van der Waals surface area (Å²) in [6.45, 7) is 7.94. The second-order valence-electron chi connectivity index (χ2n) is 8.40. The van der Waals surface area contributed by atoms with Gasteiger partial charge in [-0.25, -0.2) is 0 Å². The lowest BCUT2D eigenvalue weighted by Gasteiger charge is -2.33. The van der Waals surface area contributed by atoms with Gasteiger partial charge < -0.3 is 14.6 Å². The van der Waals surface area contributed by atoms with Gasteiger partial charge in [0.15, 0.2) is 5.79 Å². The third-order valence-corrected chi connectivity index (χ3v) is 6.23. The lowest BCUT2D eigenvalue weighted by molar-refractivity contribution is -0.188. The van der Waals surface area contributed by atoms with Crippen LogP contribution in [0.2, 0.25) is 0 Å². The van der Waals surface area contributed by atoms with Crippen LogP contribution in [0.1, 0.15) is 97.8 Å². The molecule has 0 aromatic carbocycles. The Morgan fingerprint density at radius 1 is 0.958 bits per heavy atom. The summed E-state index contributed by atoms with van der Waals surface area (Å²) in [6.07, 6.45) is 14.1. The van der Waals surface area contributed by atoms with E-state index >= 15 is 0 Å². The van der Waals surface area contributed by atoms with Crippen molar-refractivity contribution in [2.24, 2.45) is 11.8 Å². The van der Waals surface area contributed by atoms with Crippen LogP contribution in [0.4, 0.5) is 0 Å². The molecule has 1 N–H and O–H groups in total. The number of unbranched alkanes of at least 4 members (excludes halogenated alkanes) is 4. The van der Waals surface area contributed by atoms with Crippen LogP contribution >= 0.6 is 0 Å². The summed E-state index contributed by atoms with van der Waals surface area (Å²) in [5.41, 5.74) is -0.506. The number of hydrogen-bond acceptors (Lipinski definition) is 3. The minimum Gasteiger partial charge on any atom is -0.390 e. The van der Waals surface area contributed by atoms with Gasteiger partial charge in [-0.15, -0.1) is 0 Å². The quantitative estimate of drug-likeness (QED) is 0.508. The highest BCUT2D eigenvalue weighted by atomic mass is 16.7. The van der Waals surface area contributed by atoms with E-state index in [0.717, 1.165) is 45.3 Å². The second kappa shape index (κ2) is 9.54. The summed E-state index contributed by atoms with van der Waals surface area (Å²) in [6, 6.07) is 0. The van der Waals surface area contributed by atoms with E-state index < -0.39 is 5.60 Å². The Labute approximate surface area is 149 Å². The first kappa shape index (κ1) is 20.2. The maximum atomic E-state index is 10.5. The molecule has 2 rings (SSSR count). The minimum atomic E-state index is -0.506. The van der Waals surface area contributed by atoms with Crippen LogP contribution in [0.25, 0.3) is 0 Å². The van der Waals surface area contributed by atoms with Crippen LogP contribution in [0, 0.1) is 11.8 Å². The van der Waals surface area contributed by atoms with Crippen molar-refractivity contribution in [1.82, 2.24) is 0 Å². The SMILES string of the molecule is CCCCCCC[C@@H]1[C@@H](CCC(C)(O)CCC)CCC12OCCO2. The largest absolute Gasteiger partial charge is 0.390 e. The van der Waals surface area contributed by atoms with Gasteiger partial charge in [-0.2, -0.15) is 0 Å². The van der Waals surface area contributed by atoms with Crippen molar-refractivity contribution in [3.63, 3.8) is 0 Å². The highest BCUT2D eigenvalue weighted by Crippen LogP contribution is 2.50. The topological polar surface area (TPSA) is 38.7 Å². The summed E-state index contributed by atoms with van der Waals surface area (Å²) < 4.78 is 12.2. The van der Waals surface area contributed by atoms with Gasteiger partial charge in [0.25, 0.3) is 0 Å². The van der Waals surface area contributed by atoms with Gasteiger partial charge in [0.1, 0.15) is 0 Å². The molecular formula is C21H40O3. The third-order valence-electron chi connectivity index (χ3n) is 6.23. The van der Waals surface area contributed by atoms with Gasteiger partial charge in [-0.3, -0.25) is 0 Å². The molecule has 0 amide bonds. The fourth-order valence-corrected chi connectivity index (χ4v) is 4.89. The molecule has 0 aromatic rings. The Bertz CT molecular complexity index is 347. The van der Waals surface area contributed by atoms with E-state index in [2.05, 4.69) is 13.8 Å². The molecule has 1 spiro atoms. The highest BCUT2D eigenvalue weighted by molar-refractivity contribution is 4.95. The second-order valence-corrected chi connectivity index (χ2v) is 8.40. The predicted molar refractivity (Wildman–Crippen MR) is 99.0 cm³/mol. The third kappa shape index (κ3) is 5.44. The van der Waals surface area contributed by atoms with Crippen LogP contribution in [0.15, 0.2) is 0 Å². The van der Waals surface area contributed by atoms with Crippen LogP contribution < -0.4 is 0 Å². The van der Waals surface area contributed by atoms with Crippen LogP contribution in [-0.2, 0) is 9.47 Å². The Morgan fingerprint density at radius 3 is 2.33 bits per heavy atom. The van der Waals surface area contributed by atoms with Gasteiger partial charge in [-0.05, 0) is 44.9 Å². The molecule has 1 saturated heterocycles. The van der Waals surface area contributed by atoms with Gasteiger partial charge in [0, 0.05) is 12.3 Å². The molecule has 2 fully saturated rings. The molecule has 0 aromatic heterocycles. The van der Waals surface area contributed by atoms with Crippen LogP contribution in [0.5, 0.6) is 0 Å². The molecule has 1 unspecified atom stereocenters. The molecule has 3 nitrogen and oxygen atoms in total. The average molecular weight is 341 g/mol. The number of aliphatic hydroxyl groups is 1. The first-order valence-corrected chi connectivity index (χ1v) is 10.5. The molecule has 3 atom stereocenters. The van der Waals surface area contributed by atoms with Gasteiger partial charge in [0.2, 0.25) is 0 Å². The van der Waals surface area contributed by atoms with Gasteiger partial charge in [-0.1, -0.05) is 52.4 Å². The molecule has 24 heavy (non-hydrogen) atoms.